The quantitative estimate of drug-likeness (QED) is 0.857. The third-order valence-electron chi connectivity index (χ3n) is 4.10. The summed E-state index contributed by atoms with van der Waals surface area (Å²) < 4.78 is 18.7. The number of carbonyl (C=O) groups is 1. The van der Waals surface area contributed by atoms with Gasteiger partial charge in [0.2, 0.25) is 5.91 Å². The van der Waals surface area contributed by atoms with E-state index in [1.165, 1.54) is 6.07 Å². The molecular formula is C15H19FN2O2. The first-order chi connectivity index (χ1) is 9.65. The fourth-order valence-electron chi connectivity index (χ4n) is 3.02. The molecule has 108 valence electrons. The molecule has 1 saturated heterocycles. The summed E-state index contributed by atoms with van der Waals surface area (Å²) in [5.41, 5.74) is 2.03. The number of halogens is 1. The number of morpholine rings is 1. The maximum Gasteiger partial charge on any atom is 0.240 e. The molecule has 1 heterocycles. The number of nitrogens with one attached hydrogen (secondary N) is 2. The Morgan fingerprint density at radius 3 is 3.15 bits per heavy atom. The average molecular weight is 278 g/mol. The normalized spacial score (nSPS) is 29.0. The summed E-state index contributed by atoms with van der Waals surface area (Å²) in [4.78, 5) is 12.3. The second kappa shape index (κ2) is 5.50. The summed E-state index contributed by atoms with van der Waals surface area (Å²) in [6, 6.07) is 4.46. The van der Waals surface area contributed by atoms with Gasteiger partial charge < -0.3 is 15.4 Å². The molecule has 1 fully saturated rings. The zero-order valence-corrected chi connectivity index (χ0v) is 11.5. The number of amides is 1. The van der Waals surface area contributed by atoms with E-state index in [2.05, 4.69) is 10.6 Å². The van der Waals surface area contributed by atoms with Crippen LogP contribution in [-0.2, 0) is 16.0 Å². The molecule has 1 amide bonds. The fourth-order valence-corrected chi connectivity index (χ4v) is 3.02. The lowest BCUT2D eigenvalue weighted by atomic mass is 10.1. The topological polar surface area (TPSA) is 50.4 Å². The van der Waals surface area contributed by atoms with Gasteiger partial charge in [-0.15, -0.1) is 0 Å². The molecule has 1 aromatic rings. The minimum Gasteiger partial charge on any atom is -0.375 e. The predicted octanol–water partition coefficient (Wildman–Crippen LogP) is 1.31. The van der Waals surface area contributed by atoms with Crippen molar-refractivity contribution >= 4 is 5.91 Å². The maximum absolute atomic E-state index is 13.2. The molecule has 0 spiro atoms. The van der Waals surface area contributed by atoms with E-state index >= 15 is 0 Å². The van der Waals surface area contributed by atoms with E-state index in [9.17, 15) is 9.18 Å². The maximum atomic E-state index is 13.2. The van der Waals surface area contributed by atoms with Gasteiger partial charge in [-0.3, -0.25) is 4.79 Å². The van der Waals surface area contributed by atoms with Crippen molar-refractivity contribution in [2.24, 2.45) is 0 Å². The van der Waals surface area contributed by atoms with Crippen molar-refractivity contribution < 1.29 is 13.9 Å². The number of fused-ring (bicyclic) bond motifs is 1. The Kier molecular flexibility index (Phi) is 3.72. The molecule has 0 radical (unpaired) electrons. The molecular weight excluding hydrogens is 259 g/mol. The van der Waals surface area contributed by atoms with Crippen LogP contribution in [0.5, 0.6) is 0 Å². The molecule has 0 saturated carbocycles. The summed E-state index contributed by atoms with van der Waals surface area (Å²) in [6.45, 7) is 3.22. The van der Waals surface area contributed by atoms with Crippen LogP contribution in [0.3, 0.4) is 0 Å². The van der Waals surface area contributed by atoms with Gasteiger partial charge in [0.25, 0.3) is 0 Å². The summed E-state index contributed by atoms with van der Waals surface area (Å²) in [5, 5.41) is 6.23. The standard InChI is InChI=1S/C15H19FN2O2/c1-9-14(17-6-7-20-9)15(19)18-13-5-2-10-8-11(16)3-4-12(10)13/h3-4,8-9,13-14,17H,2,5-7H2,1H3,(H,18,19)/t9-,13?,14+/m1/s1. The predicted molar refractivity (Wildman–Crippen MR) is 72.8 cm³/mol. The number of benzene rings is 1. The van der Waals surface area contributed by atoms with Crippen molar-refractivity contribution in [2.45, 2.75) is 38.0 Å². The third kappa shape index (κ3) is 2.55. The summed E-state index contributed by atoms with van der Waals surface area (Å²) in [6.07, 6.45) is 1.51. The molecule has 1 unspecified atom stereocenters. The summed E-state index contributed by atoms with van der Waals surface area (Å²) in [7, 11) is 0. The van der Waals surface area contributed by atoms with Crippen LogP contribution in [0.15, 0.2) is 18.2 Å². The highest BCUT2D eigenvalue weighted by Crippen LogP contribution is 2.31. The van der Waals surface area contributed by atoms with E-state index in [1.54, 1.807) is 12.1 Å². The van der Waals surface area contributed by atoms with Crippen LogP contribution in [-0.4, -0.2) is 31.2 Å². The van der Waals surface area contributed by atoms with Gasteiger partial charge in [0, 0.05) is 6.54 Å². The van der Waals surface area contributed by atoms with Crippen LogP contribution in [0.4, 0.5) is 4.39 Å². The van der Waals surface area contributed by atoms with Crippen molar-refractivity contribution in [3.05, 3.63) is 35.1 Å². The smallest absolute Gasteiger partial charge is 0.240 e. The molecule has 0 bridgehead atoms. The Morgan fingerprint density at radius 1 is 1.50 bits per heavy atom. The van der Waals surface area contributed by atoms with Gasteiger partial charge in [-0.25, -0.2) is 4.39 Å². The van der Waals surface area contributed by atoms with Gasteiger partial charge in [-0.2, -0.15) is 0 Å². The lowest BCUT2D eigenvalue weighted by molar-refractivity contribution is -0.129. The Morgan fingerprint density at radius 2 is 2.35 bits per heavy atom. The van der Waals surface area contributed by atoms with Crippen molar-refractivity contribution in [2.75, 3.05) is 13.2 Å². The molecule has 5 heteroatoms. The van der Waals surface area contributed by atoms with Crippen molar-refractivity contribution in [3.8, 4) is 0 Å². The van der Waals surface area contributed by atoms with Crippen molar-refractivity contribution in [3.63, 3.8) is 0 Å². The van der Waals surface area contributed by atoms with Crippen molar-refractivity contribution in [1.29, 1.82) is 0 Å². The van der Waals surface area contributed by atoms with E-state index in [-0.39, 0.29) is 29.9 Å². The molecule has 0 aromatic heterocycles. The second-order valence-electron chi connectivity index (χ2n) is 5.45. The Bertz CT molecular complexity index is 521. The molecule has 20 heavy (non-hydrogen) atoms. The Labute approximate surface area is 117 Å². The van der Waals surface area contributed by atoms with Crippen LogP contribution < -0.4 is 10.6 Å². The van der Waals surface area contributed by atoms with E-state index < -0.39 is 0 Å². The van der Waals surface area contributed by atoms with Crippen molar-refractivity contribution in [1.82, 2.24) is 10.6 Å². The minimum atomic E-state index is -0.312. The van der Waals surface area contributed by atoms with Crippen LogP contribution in [0.1, 0.15) is 30.5 Å². The van der Waals surface area contributed by atoms with Gasteiger partial charge in [0.1, 0.15) is 11.9 Å². The van der Waals surface area contributed by atoms with Gasteiger partial charge in [0.15, 0.2) is 0 Å². The summed E-state index contributed by atoms with van der Waals surface area (Å²) in [5.74, 6) is -0.258. The minimum absolute atomic E-state index is 0.0194. The zero-order valence-electron chi connectivity index (χ0n) is 11.5. The molecule has 1 aromatic carbocycles. The number of hydrogen-bond donors (Lipinski definition) is 2. The van der Waals surface area contributed by atoms with E-state index in [0.29, 0.717) is 13.2 Å². The molecule has 1 aliphatic heterocycles. The second-order valence-corrected chi connectivity index (χ2v) is 5.45. The van der Waals surface area contributed by atoms with Gasteiger partial charge >= 0.3 is 0 Å². The molecule has 3 atom stereocenters. The van der Waals surface area contributed by atoms with Gasteiger partial charge in [-0.05, 0) is 43.0 Å². The SMILES string of the molecule is C[C@H]1OCCN[C@@H]1C(=O)NC1CCc2cc(F)ccc21. The molecule has 4 nitrogen and oxygen atoms in total. The highest BCUT2D eigenvalue weighted by atomic mass is 19.1. The zero-order chi connectivity index (χ0) is 14.1. The third-order valence-corrected chi connectivity index (χ3v) is 4.10. The first-order valence-electron chi connectivity index (χ1n) is 7.09. The van der Waals surface area contributed by atoms with Gasteiger partial charge in [-0.1, -0.05) is 6.07 Å². The summed E-state index contributed by atoms with van der Waals surface area (Å²) >= 11 is 0. The lowest BCUT2D eigenvalue weighted by Gasteiger charge is -2.30. The molecule has 1 aliphatic carbocycles. The first kappa shape index (κ1) is 13.5. The molecule has 2 aliphatic rings. The molecule has 2 N–H and O–H groups in total. The monoisotopic (exact) mass is 278 g/mol. The number of ether oxygens (including phenoxy) is 1. The van der Waals surface area contributed by atoms with Crippen LogP contribution in [0.2, 0.25) is 0 Å². The number of carbonyl (C=O) groups excluding carboxylic acids is 1. The van der Waals surface area contributed by atoms with E-state index in [4.69, 9.17) is 4.74 Å². The van der Waals surface area contributed by atoms with Gasteiger partial charge in [0.05, 0.1) is 18.8 Å². The van der Waals surface area contributed by atoms with Crippen LogP contribution in [0.25, 0.3) is 0 Å². The van der Waals surface area contributed by atoms with Crippen LogP contribution in [0, 0.1) is 5.82 Å². The van der Waals surface area contributed by atoms with E-state index in [1.807, 2.05) is 6.92 Å². The van der Waals surface area contributed by atoms with E-state index in [0.717, 1.165) is 24.0 Å². The average Bonchev–Trinajstić information content (AvgIpc) is 2.81. The van der Waals surface area contributed by atoms with Crippen LogP contribution >= 0.6 is 0 Å². The first-order valence-corrected chi connectivity index (χ1v) is 7.09. The lowest BCUT2D eigenvalue weighted by Crippen LogP contribution is -2.55. The highest BCUT2D eigenvalue weighted by Gasteiger charge is 2.31. The number of rotatable bonds is 2. The fraction of sp³-hybridized carbons (Fsp3) is 0.533. The Balaban J connectivity index is 1.69. The molecule has 3 rings (SSSR count). The highest BCUT2D eigenvalue weighted by molar-refractivity contribution is 5.83. The number of aryl methyl sites for hydroxylation is 1. The number of hydrogen-bond acceptors (Lipinski definition) is 3. The Hall–Kier alpha value is -1.46. The largest absolute Gasteiger partial charge is 0.375 e.